The first-order valence-electron chi connectivity index (χ1n) is 15.2. The number of carbonyl (C=O) groups excluding carboxylic acids is 1. The van der Waals surface area contributed by atoms with Crippen LogP contribution >= 0.6 is 0 Å². The maximum absolute atomic E-state index is 15.3. The first kappa shape index (κ1) is 27.4. The molecule has 2 nitrogen and oxygen atoms in total. The average molecular weight is 496 g/mol. The number of benzene rings is 1. The lowest BCUT2D eigenvalue weighted by Crippen LogP contribution is -2.39. The van der Waals surface area contributed by atoms with Crippen LogP contribution in [0.4, 0.5) is 4.39 Å². The second-order valence-electron chi connectivity index (χ2n) is 12.3. The number of hydrogen-bond donors (Lipinski definition) is 0. The molecule has 0 bridgehead atoms. The van der Waals surface area contributed by atoms with Gasteiger partial charge in [-0.05, 0) is 130 Å². The number of nitrogens with zero attached hydrogens (tertiary/aromatic N) is 1. The largest absolute Gasteiger partial charge is 0.339 e. The zero-order chi connectivity index (χ0) is 25.5. The fourth-order valence-corrected chi connectivity index (χ4v) is 7.78. The molecule has 0 heterocycles. The van der Waals surface area contributed by atoms with Gasteiger partial charge in [0.05, 0.1) is 0 Å². The van der Waals surface area contributed by atoms with E-state index < -0.39 is 0 Å². The van der Waals surface area contributed by atoms with Crippen molar-refractivity contribution in [1.82, 2.24) is 4.90 Å². The van der Waals surface area contributed by atoms with Gasteiger partial charge in [0, 0.05) is 13.1 Å². The Hall–Kier alpha value is -1.64. The Balaban J connectivity index is 1.23. The Morgan fingerprint density at radius 3 is 2.11 bits per heavy atom. The van der Waals surface area contributed by atoms with Gasteiger partial charge in [-0.2, -0.15) is 0 Å². The van der Waals surface area contributed by atoms with Crippen LogP contribution in [-0.4, -0.2) is 23.9 Å². The van der Waals surface area contributed by atoms with E-state index in [2.05, 4.69) is 25.6 Å². The maximum Gasteiger partial charge on any atom is 0.245 e. The van der Waals surface area contributed by atoms with E-state index in [0.29, 0.717) is 17.9 Å². The molecule has 3 saturated carbocycles. The molecule has 0 N–H and O–H groups in total. The lowest BCUT2D eigenvalue weighted by atomic mass is 9.69. The van der Waals surface area contributed by atoms with Crippen molar-refractivity contribution in [3.63, 3.8) is 0 Å². The smallest absolute Gasteiger partial charge is 0.245 e. The Morgan fingerprint density at radius 1 is 0.917 bits per heavy atom. The van der Waals surface area contributed by atoms with Crippen LogP contribution in [0.15, 0.2) is 30.9 Å². The van der Waals surface area contributed by atoms with Crippen molar-refractivity contribution in [1.29, 1.82) is 0 Å². The highest BCUT2D eigenvalue weighted by Crippen LogP contribution is 2.45. The van der Waals surface area contributed by atoms with Gasteiger partial charge in [0.2, 0.25) is 5.91 Å². The number of unbranched alkanes of at least 4 members (excludes halogenated alkanes) is 2. The molecule has 1 aromatic carbocycles. The Morgan fingerprint density at radius 2 is 1.53 bits per heavy atom. The second kappa shape index (κ2) is 13.2. The molecule has 0 aliphatic heterocycles. The molecule has 3 fully saturated rings. The summed E-state index contributed by atoms with van der Waals surface area (Å²) in [5.41, 5.74) is 2.22. The van der Waals surface area contributed by atoms with Gasteiger partial charge in [0.15, 0.2) is 0 Å². The van der Waals surface area contributed by atoms with E-state index in [1.54, 1.807) is 0 Å². The monoisotopic (exact) mass is 495 g/mol. The summed E-state index contributed by atoms with van der Waals surface area (Å²) < 4.78 is 15.3. The molecule has 0 aromatic heterocycles. The minimum Gasteiger partial charge on any atom is -0.339 e. The minimum atomic E-state index is 0.0436. The number of hydrogen-bond acceptors (Lipinski definition) is 1. The summed E-state index contributed by atoms with van der Waals surface area (Å²) in [6, 6.07) is 6.66. The molecule has 0 atom stereocenters. The molecule has 200 valence electrons. The van der Waals surface area contributed by atoms with Crippen LogP contribution in [0.5, 0.6) is 0 Å². The van der Waals surface area contributed by atoms with E-state index in [4.69, 9.17) is 0 Å². The van der Waals surface area contributed by atoms with Crippen molar-refractivity contribution >= 4 is 5.91 Å². The van der Waals surface area contributed by atoms with E-state index in [-0.39, 0.29) is 11.7 Å². The maximum atomic E-state index is 15.3. The highest BCUT2D eigenvalue weighted by atomic mass is 19.1. The standard InChI is InChI=1S/C33H50FNO/c1-4-6-7-8-24-9-11-27(12-10-24)29-19-22-31(32(34)23-29)28-15-13-25(14-16-28)26-17-20-30(21-18-26)35(3)33(36)5-2/h5,19,22-28,30H,2,4,6-18,20-21H2,1,3H3. The first-order chi connectivity index (χ1) is 17.5. The molecule has 3 heteroatoms. The van der Waals surface area contributed by atoms with Crippen molar-refractivity contribution in [2.45, 2.75) is 128 Å². The Bertz CT molecular complexity index is 841. The van der Waals surface area contributed by atoms with Crippen LogP contribution in [0, 0.1) is 23.6 Å². The molecule has 3 aliphatic carbocycles. The van der Waals surface area contributed by atoms with Crippen LogP contribution in [0.2, 0.25) is 0 Å². The fraction of sp³-hybridized carbons (Fsp3) is 0.727. The van der Waals surface area contributed by atoms with Crippen LogP contribution in [0.25, 0.3) is 0 Å². The SMILES string of the molecule is C=CC(=O)N(C)C1CCC(C2CCC(c3ccc(C4CCC(CCCCC)CC4)cc3F)CC2)CC1. The summed E-state index contributed by atoms with van der Waals surface area (Å²) >= 11 is 0. The predicted octanol–water partition coefficient (Wildman–Crippen LogP) is 9.16. The predicted molar refractivity (Wildman–Crippen MR) is 149 cm³/mol. The fourth-order valence-electron chi connectivity index (χ4n) is 7.78. The van der Waals surface area contributed by atoms with Crippen LogP contribution in [-0.2, 0) is 4.79 Å². The Kier molecular flexibility index (Phi) is 10.1. The quantitative estimate of drug-likeness (QED) is 0.247. The first-order valence-corrected chi connectivity index (χ1v) is 15.2. The molecule has 0 spiro atoms. The zero-order valence-corrected chi connectivity index (χ0v) is 23.0. The molecule has 3 aliphatic rings. The third-order valence-electron chi connectivity index (χ3n) is 10.2. The van der Waals surface area contributed by atoms with Crippen molar-refractivity contribution < 1.29 is 9.18 Å². The molecule has 0 unspecified atom stereocenters. The summed E-state index contributed by atoms with van der Waals surface area (Å²) in [6.07, 6.45) is 21.4. The summed E-state index contributed by atoms with van der Waals surface area (Å²) in [7, 11) is 1.92. The Labute approximate surface area is 220 Å². The number of likely N-dealkylation sites (N-methyl/N-ethyl adjacent to an activating group) is 1. The highest BCUT2D eigenvalue weighted by Gasteiger charge is 2.33. The van der Waals surface area contributed by atoms with E-state index in [1.807, 2.05) is 18.0 Å². The van der Waals surface area contributed by atoms with Gasteiger partial charge in [-0.25, -0.2) is 4.39 Å². The molecule has 0 radical (unpaired) electrons. The molecule has 36 heavy (non-hydrogen) atoms. The molecule has 1 amide bonds. The normalized spacial score (nSPS) is 31.1. The zero-order valence-electron chi connectivity index (χ0n) is 23.0. The number of amides is 1. The van der Waals surface area contributed by atoms with Crippen molar-refractivity contribution in [3.05, 3.63) is 47.8 Å². The average Bonchev–Trinajstić information content (AvgIpc) is 2.93. The third-order valence-corrected chi connectivity index (χ3v) is 10.2. The molecular weight excluding hydrogens is 445 g/mol. The van der Waals surface area contributed by atoms with E-state index >= 15 is 4.39 Å². The number of carbonyl (C=O) groups is 1. The van der Waals surface area contributed by atoms with Crippen molar-refractivity contribution in [2.75, 3.05) is 7.05 Å². The van der Waals surface area contributed by atoms with E-state index in [9.17, 15) is 4.79 Å². The lowest BCUT2D eigenvalue weighted by Gasteiger charge is -2.40. The van der Waals surface area contributed by atoms with Gasteiger partial charge in [-0.3, -0.25) is 4.79 Å². The lowest BCUT2D eigenvalue weighted by molar-refractivity contribution is -0.127. The highest BCUT2D eigenvalue weighted by molar-refractivity contribution is 5.87. The van der Waals surface area contributed by atoms with E-state index in [0.717, 1.165) is 49.0 Å². The molecular formula is C33H50FNO. The van der Waals surface area contributed by atoms with E-state index in [1.165, 1.54) is 88.7 Å². The van der Waals surface area contributed by atoms with Crippen LogP contribution in [0.3, 0.4) is 0 Å². The van der Waals surface area contributed by atoms with Gasteiger partial charge in [-0.1, -0.05) is 51.3 Å². The summed E-state index contributed by atoms with van der Waals surface area (Å²) in [4.78, 5) is 13.8. The molecule has 1 aromatic rings. The second-order valence-corrected chi connectivity index (χ2v) is 12.3. The van der Waals surface area contributed by atoms with Crippen LogP contribution in [0.1, 0.15) is 133 Å². The summed E-state index contributed by atoms with van der Waals surface area (Å²) in [6.45, 7) is 5.91. The topological polar surface area (TPSA) is 20.3 Å². The molecule has 0 saturated heterocycles. The minimum absolute atomic E-state index is 0.0436. The summed E-state index contributed by atoms with van der Waals surface area (Å²) in [5, 5.41) is 0. The van der Waals surface area contributed by atoms with Gasteiger partial charge >= 0.3 is 0 Å². The number of halogens is 1. The summed E-state index contributed by atoms with van der Waals surface area (Å²) in [5.74, 6) is 3.49. The van der Waals surface area contributed by atoms with Gasteiger partial charge in [0.1, 0.15) is 5.82 Å². The van der Waals surface area contributed by atoms with Crippen molar-refractivity contribution in [3.8, 4) is 0 Å². The van der Waals surface area contributed by atoms with Crippen molar-refractivity contribution in [2.24, 2.45) is 17.8 Å². The van der Waals surface area contributed by atoms with Gasteiger partial charge in [0.25, 0.3) is 0 Å². The van der Waals surface area contributed by atoms with Gasteiger partial charge in [-0.15, -0.1) is 0 Å². The third kappa shape index (κ3) is 6.81. The molecule has 4 rings (SSSR count). The van der Waals surface area contributed by atoms with Gasteiger partial charge < -0.3 is 4.90 Å². The van der Waals surface area contributed by atoms with Crippen LogP contribution < -0.4 is 0 Å². The number of rotatable bonds is 9.